The lowest BCUT2D eigenvalue weighted by atomic mass is 10.2. The third kappa shape index (κ3) is 3.07. The molecule has 0 radical (unpaired) electrons. The summed E-state index contributed by atoms with van der Waals surface area (Å²) in [6.07, 6.45) is 6.83. The van der Waals surface area contributed by atoms with Gasteiger partial charge in [-0.15, -0.1) is 0 Å². The Hall–Kier alpha value is -1.64. The fourth-order valence-corrected chi connectivity index (χ4v) is 0.819. The molecule has 0 aromatic carbocycles. The number of hydrogen-bond donors (Lipinski definition) is 0. The van der Waals surface area contributed by atoms with Crippen LogP contribution in [0.3, 0.4) is 0 Å². The van der Waals surface area contributed by atoms with Gasteiger partial charge in [-0.3, -0.25) is 4.98 Å². The van der Waals surface area contributed by atoms with Gasteiger partial charge >= 0.3 is 0 Å². The van der Waals surface area contributed by atoms with Gasteiger partial charge in [-0.05, 0) is 18.6 Å². The van der Waals surface area contributed by atoms with E-state index in [-0.39, 0.29) is 0 Å². The maximum Gasteiger partial charge on any atom is 0.135 e. The molecule has 0 fully saturated rings. The molecule has 0 aliphatic rings. The van der Waals surface area contributed by atoms with Crippen molar-refractivity contribution in [3.05, 3.63) is 42.2 Å². The van der Waals surface area contributed by atoms with Gasteiger partial charge in [0.2, 0.25) is 0 Å². The molecule has 0 spiro atoms. The maximum absolute atomic E-state index is 4.87. The van der Waals surface area contributed by atoms with Gasteiger partial charge in [-0.1, -0.05) is 17.8 Å². The van der Waals surface area contributed by atoms with E-state index in [1.54, 1.807) is 24.7 Å². The lowest BCUT2D eigenvalue weighted by molar-refractivity contribution is 0.176. The highest BCUT2D eigenvalue weighted by atomic mass is 16.6. The second kappa shape index (κ2) is 5.09. The molecule has 3 heteroatoms. The van der Waals surface area contributed by atoms with Crippen molar-refractivity contribution in [3.63, 3.8) is 0 Å². The standard InChI is InChI=1S/C10H12N2O/c1-3-6-13-12-8-10-4-5-11-7-9(10)2/h3-5,7-8H,1,6H2,2H3. The topological polar surface area (TPSA) is 34.5 Å². The van der Waals surface area contributed by atoms with Crippen molar-refractivity contribution in [1.82, 2.24) is 4.98 Å². The van der Waals surface area contributed by atoms with Crippen LogP contribution in [0.4, 0.5) is 0 Å². The number of pyridine rings is 1. The SMILES string of the molecule is C=CCON=Cc1ccncc1C. The van der Waals surface area contributed by atoms with Gasteiger partial charge in [-0.25, -0.2) is 0 Å². The zero-order chi connectivity index (χ0) is 9.52. The van der Waals surface area contributed by atoms with Crippen LogP contribution in [0.15, 0.2) is 36.3 Å². The molecule has 0 saturated heterocycles. The summed E-state index contributed by atoms with van der Waals surface area (Å²) < 4.78 is 0. The van der Waals surface area contributed by atoms with Gasteiger partial charge in [-0.2, -0.15) is 0 Å². The highest BCUT2D eigenvalue weighted by Crippen LogP contribution is 2.00. The van der Waals surface area contributed by atoms with Gasteiger partial charge < -0.3 is 4.84 Å². The van der Waals surface area contributed by atoms with Crippen molar-refractivity contribution in [3.8, 4) is 0 Å². The van der Waals surface area contributed by atoms with Gasteiger partial charge in [0, 0.05) is 18.0 Å². The van der Waals surface area contributed by atoms with Crippen LogP contribution in [0, 0.1) is 6.92 Å². The van der Waals surface area contributed by atoms with E-state index in [0.717, 1.165) is 11.1 Å². The molecule has 68 valence electrons. The van der Waals surface area contributed by atoms with Crippen molar-refractivity contribution in [1.29, 1.82) is 0 Å². The Morgan fingerprint density at radius 2 is 2.54 bits per heavy atom. The lowest BCUT2D eigenvalue weighted by Gasteiger charge is -1.96. The van der Waals surface area contributed by atoms with Crippen LogP contribution < -0.4 is 0 Å². The van der Waals surface area contributed by atoms with Crippen LogP contribution in [-0.4, -0.2) is 17.8 Å². The molecule has 1 aromatic rings. The third-order valence-corrected chi connectivity index (χ3v) is 1.52. The van der Waals surface area contributed by atoms with Gasteiger partial charge in [0.1, 0.15) is 6.61 Å². The minimum Gasteiger partial charge on any atom is -0.392 e. The fraction of sp³-hybridized carbons (Fsp3) is 0.200. The Labute approximate surface area is 77.7 Å². The van der Waals surface area contributed by atoms with Crippen LogP contribution in [-0.2, 0) is 4.84 Å². The molecule has 1 rings (SSSR count). The molecule has 0 N–H and O–H groups in total. The average Bonchev–Trinajstić information content (AvgIpc) is 2.15. The van der Waals surface area contributed by atoms with E-state index in [4.69, 9.17) is 4.84 Å². The summed E-state index contributed by atoms with van der Waals surface area (Å²) in [7, 11) is 0. The predicted octanol–water partition coefficient (Wildman–Crippen LogP) is 1.93. The van der Waals surface area contributed by atoms with E-state index in [9.17, 15) is 0 Å². The Kier molecular flexibility index (Phi) is 3.70. The van der Waals surface area contributed by atoms with E-state index < -0.39 is 0 Å². The normalized spacial score (nSPS) is 10.2. The molecular formula is C10H12N2O. The van der Waals surface area contributed by atoms with Gasteiger partial charge in [0.25, 0.3) is 0 Å². The van der Waals surface area contributed by atoms with Crippen LogP contribution in [0.2, 0.25) is 0 Å². The summed E-state index contributed by atoms with van der Waals surface area (Å²) in [6.45, 7) is 5.92. The number of rotatable bonds is 4. The van der Waals surface area contributed by atoms with E-state index in [2.05, 4.69) is 16.7 Å². The summed E-state index contributed by atoms with van der Waals surface area (Å²) >= 11 is 0. The van der Waals surface area contributed by atoms with Gasteiger partial charge in [0.05, 0.1) is 6.21 Å². The number of oxime groups is 1. The predicted molar refractivity (Wildman–Crippen MR) is 52.7 cm³/mol. The molecule has 1 heterocycles. The van der Waals surface area contributed by atoms with Crippen molar-refractivity contribution < 1.29 is 4.84 Å². The molecular weight excluding hydrogens is 164 g/mol. The second-order valence-electron chi connectivity index (χ2n) is 2.55. The molecule has 0 amide bonds. The summed E-state index contributed by atoms with van der Waals surface area (Å²) in [5, 5.41) is 3.77. The molecule has 13 heavy (non-hydrogen) atoms. The first-order chi connectivity index (χ1) is 6.34. The minimum atomic E-state index is 0.431. The molecule has 0 unspecified atom stereocenters. The maximum atomic E-state index is 4.87. The number of hydrogen-bond acceptors (Lipinski definition) is 3. The number of nitrogens with zero attached hydrogens (tertiary/aromatic N) is 2. The number of aryl methyl sites for hydroxylation is 1. The summed E-state index contributed by atoms with van der Waals surface area (Å²) in [4.78, 5) is 8.84. The lowest BCUT2D eigenvalue weighted by Crippen LogP contribution is -1.89. The quantitative estimate of drug-likeness (QED) is 0.304. The first-order valence-electron chi connectivity index (χ1n) is 4.01. The third-order valence-electron chi connectivity index (χ3n) is 1.52. The Morgan fingerprint density at radius 3 is 3.23 bits per heavy atom. The second-order valence-corrected chi connectivity index (χ2v) is 2.55. The fourth-order valence-electron chi connectivity index (χ4n) is 0.819. The minimum absolute atomic E-state index is 0.431. The largest absolute Gasteiger partial charge is 0.392 e. The zero-order valence-corrected chi connectivity index (χ0v) is 7.60. The molecule has 0 aliphatic heterocycles. The average molecular weight is 176 g/mol. The molecule has 1 aromatic heterocycles. The highest BCUT2D eigenvalue weighted by molar-refractivity contribution is 5.80. The smallest absolute Gasteiger partial charge is 0.135 e. The first kappa shape index (κ1) is 9.45. The Morgan fingerprint density at radius 1 is 1.69 bits per heavy atom. The van der Waals surface area contributed by atoms with E-state index in [1.165, 1.54) is 0 Å². The van der Waals surface area contributed by atoms with E-state index in [1.807, 2.05) is 13.0 Å². The molecule has 0 bridgehead atoms. The van der Waals surface area contributed by atoms with Crippen LogP contribution >= 0.6 is 0 Å². The zero-order valence-electron chi connectivity index (χ0n) is 7.60. The summed E-state index contributed by atoms with van der Waals surface area (Å²) in [6, 6.07) is 1.89. The van der Waals surface area contributed by atoms with Crippen LogP contribution in [0.25, 0.3) is 0 Å². The Bertz CT molecular complexity index is 308. The summed E-state index contributed by atoms with van der Waals surface area (Å²) in [5.41, 5.74) is 2.09. The summed E-state index contributed by atoms with van der Waals surface area (Å²) in [5.74, 6) is 0. The molecule has 0 atom stereocenters. The van der Waals surface area contributed by atoms with Crippen LogP contribution in [0.1, 0.15) is 11.1 Å². The van der Waals surface area contributed by atoms with Gasteiger partial charge in [0.15, 0.2) is 0 Å². The first-order valence-corrected chi connectivity index (χ1v) is 4.01. The van der Waals surface area contributed by atoms with E-state index in [0.29, 0.717) is 6.61 Å². The molecule has 0 aliphatic carbocycles. The Balaban J connectivity index is 2.58. The van der Waals surface area contributed by atoms with Crippen LogP contribution in [0.5, 0.6) is 0 Å². The van der Waals surface area contributed by atoms with Crippen molar-refractivity contribution in [2.75, 3.05) is 6.61 Å². The molecule has 0 saturated carbocycles. The van der Waals surface area contributed by atoms with Crippen molar-refractivity contribution in [2.24, 2.45) is 5.16 Å². The monoisotopic (exact) mass is 176 g/mol. The van der Waals surface area contributed by atoms with Crippen molar-refractivity contribution in [2.45, 2.75) is 6.92 Å². The number of aromatic nitrogens is 1. The highest BCUT2D eigenvalue weighted by Gasteiger charge is 1.91. The molecule has 3 nitrogen and oxygen atoms in total. The van der Waals surface area contributed by atoms with Crippen molar-refractivity contribution >= 4 is 6.21 Å². The van der Waals surface area contributed by atoms with E-state index >= 15 is 0 Å².